The zero-order chi connectivity index (χ0) is 22.0. The van der Waals surface area contributed by atoms with Gasteiger partial charge in [-0.3, -0.25) is 4.79 Å². The maximum Gasteiger partial charge on any atom is 0.341 e. The maximum absolute atomic E-state index is 12.0. The Kier molecular flexibility index (Phi) is 8.57. The summed E-state index contributed by atoms with van der Waals surface area (Å²) in [6.07, 6.45) is 1.99. The monoisotopic (exact) mass is 432 g/mol. The minimum absolute atomic E-state index is 0.328. The van der Waals surface area contributed by atoms with Crippen molar-refractivity contribution in [2.24, 2.45) is 0 Å². The van der Waals surface area contributed by atoms with E-state index in [1.54, 1.807) is 36.4 Å². The third kappa shape index (κ3) is 8.89. The molecule has 2 rings (SSSR count). The number of ether oxygens (including phenoxy) is 1. The second-order valence-corrected chi connectivity index (χ2v) is 8.16. The lowest BCUT2D eigenvalue weighted by Gasteiger charge is -2.07. The summed E-state index contributed by atoms with van der Waals surface area (Å²) in [5.74, 6) is -1.05. The lowest BCUT2D eigenvalue weighted by molar-refractivity contribution is -0.139. The van der Waals surface area contributed by atoms with Crippen LogP contribution >= 0.6 is 0 Å². The SMILES string of the molecule is Cc1ccc(C=CS(=O)(=O)NCC(=O)NCCc2ccc(OCC(=O)O)cc2)cc1. The summed E-state index contributed by atoms with van der Waals surface area (Å²) in [4.78, 5) is 22.3. The molecule has 0 aliphatic rings. The van der Waals surface area contributed by atoms with Crippen molar-refractivity contribution in [2.75, 3.05) is 19.7 Å². The summed E-state index contributed by atoms with van der Waals surface area (Å²) in [5.41, 5.74) is 2.74. The molecular formula is C21H24N2O6S. The van der Waals surface area contributed by atoms with Crippen LogP contribution < -0.4 is 14.8 Å². The van der Waals surface area contributed by atoms with Crippen LogP contribution in [0.25, 0.3) is 6.08 Å². The Morgan fingerprint density at radius 2 is 1.73 bits per heavy atom. The Morgan fingerprint density at radius 1 is 1.07 bits per heavy atom. The summed E-state index contributed by atoms with van der Waals surface area (Å²) >= 11 is 0. The number of amides is 1. The Hall–Kier alpha value is -3.17. The fourth-order valence-electron chi connectivity index (χ4n) is 2.37. The standard InChI is InChI=1S/C21H24N2O6S/c1-16-2-4-18(5-3-16)11-13-30(27,28)23-14-20(24)22-12-10-17-6-8-19(9-7-17)29-15-21(25)26/h2-9,11,13,23H,10,12,14-15H2,1H3,(H,22,24)(H,25,26). The second-order valence-electron chi connectivity index (χ2n) is 6.51. The zero-order valence-electron chi connectivity index (χ0n) is 16.5. The van der Waals surface area contributed by atoms with E-state index in [1.807, 2.05) is 19.1 Å². The Labute approximate surface area is 175 Å². The van der Waals surface area contributed by atoms with Gasteiger partial charge >= 0.3 is 5.97 Å². The highest BCUT2D eigenvalue weighted by molar-refractivity contribution is 7.92. The van der Waals surface area contributed by atoms with Gasteiger partial charge in [0.2, 0.25) is 15.9 Å². The molecule has 0 spiro atoms. The van der Waals surface area contributed by atoms with Gasteiger partial charge in [-0.15, -0.1) is 0 Å². The normalized spacial score (nSPS) is 11.4. The van der Waals surface area contributed by atoms with E-state index in [9.17, 15) is 18.0 Å². The third-order valence-corrected chi connectivity index (χ3v) is 5.01. The quantitative estimate of drug-likeness (QED) is 0.497. The number of nitrogens with one attached hydrogen (secondary N) is 2. The number of hydrogen-bond acceptors (Lipinski definition) is 5. The molecule has 0 aromatic heterocycles. The molecule has 2 aromatic carbocycles. The van der Waals surface area contributed by atoms with Gasteiger partial charge in [0.05, 0.1) is 6.54 Å². The average Bonchev–Trinajstić information content (AvgIpc) is 2.71. The van der Waals surface area contributed by atoms with Crippen molar-refractivity contribution < 1.29 is 27.9 Å². The molecule has 0 fully saturated rings. The Morgan fingerprint density at radius 3 is 2.37 bits per heavy atom. The molecule has 8 nitrogen and oxygen atoms in total. The molecule has 1 amide bonds. The van der Waals surface area contributed by atoms with Crippen LogP contribution in [-0.2, 0) is 26.0 Å². The van der Waals surface area contributed by atoms with Crippen LogP contribution in [0.15, 0.2) is 53.9 Å². The van der Waals surface area contributed by atoms with Crippen LogP contribution in [-0.4, -0.2) is 45.1 Å². The van der Waals surface area contributed by atoms with E-state index < -0.39 is 28.5 Å². The largest absolute Gasteiger partial charge is 0.482 e. The smallest absolute Gasteiger partial charge is 0.341 e. The first-order valence-corrected chi connectivity index (χ1v) is 10.7. The Balaban J connectivity index is 1.71. The van der Waals surface area contributed by atoms with Gasteiger partial charge in [-0.1, -0.05) is 42.0 Å². The number of rotatable bonds is 11. The van der Waals surface area contributed by atoms with Gasteiger partial charge in [0, 0.05) is 12.0 Å². The van der Waals surface area contributed by atoms with Crippen LogP contribution in [0.5, 0.6) is 5.75 Å². The lowest BCUT2D eigenvalue weighted by atomic mass is 10.1. The molecule has 0 saturated carbocycles. The second kappa shape index (κ2) is 11.1. The van der Waals surface area contributed by atoms with Gasteiger partial charge < -0.3 is 15.2 Å². The van der Waals surface area contributed by atoms with Crippen LogP contribution in [0, 0.1) is 6.92 Å². The number of carbonyl (C=O) groups excluding carboxylic acids is 1. The van der Waals surface area contributed by atoms with Gasteiger partial charge in [0.15, 0.2) is 6.61 Å². The highest BCUT2D eigenvalue weighted by atomic mass is 32.2. The van der Waals surface area contributed by atoms with Crippen LogP contribution in [0.3, 0.4) is 0 Å². The molecule has 9 heteroatoms. The molecule has 3 N–H and O–H groups in total. The van der Waals surface area contributed by atoms with Crippen LogP contribution in [0.4, 0.5) is 0 Å². The van der Waals surface area contributed by atoms with Gasteiger partial charge in [0.1, 0.15) is 5.75 Å². The van der Waals surface area contributed by atoms with Crippen LogP contribution in [0.2, 0.25) is 0 Å². The van der Waals surface area contributed by atoms with E-state index in [1.165, 1.54) is 6.08 Å². The van der Waals surface area contributed by atoms with E-state index in [-0.39, 0.29) is 6.54 Å². The van der Waals surface area contributed by atoms with E-state index in [2.05, 4.69) is 10.0 Å². The van der Waals surface area contributed by atoms with Crippen LogP contribution in [0.1, 0.15) is 16.7 Å². The summed E-state index contributed by atoms with van der Waals surface area (Å²) in [7, 11) is -3.73. The predicted molar refractivity (Wildman–Crippen MR) is 113 cm³/mol. The number of carboxylic acids is 1. The molecule has 0 aliphatic carbocycles. The van der Waals surface area contributed by atoms with Crippen molar-refractivity contribution in [3.8, 4) is 5.75 Å². The number of carbonyl (C=O) groups is 2. The number of sulfonamides is 1. The van der Waals surface area contributed by atoms with Crippen molar-refractivity contribution in [2.45, 2.75) is 13.3 Å². The van der Waals surface area contributed by atoms with E-state index in [4.69, 9.17) is 9.84 Å². The Bertz CT molecular complexity index is 983. The predicted octanol–water partition coefficient (Wildman–Crippen LogP) is 1.71. The molecule has 0 unspecified atom stereocenters. The molecule has 0 bridgehead atoms. The summed E-state index contributed by atoms with van der Waals surface area (Å²) < 4.78 is 31.2. The van der Waals surface area contributed by atoms with Gasteiger partial charge in [-0.25, -0.2) is 17.9 Å². The molecule has 0 atom stereocenters. The molecule has 2 aromatic rings. The first-order valence-electron chi connectivity index (χ1n) is 9.18. The number of aryl methyl sites for hydroxylation is 1. The average molecular weight is 432 g/mol. The summed E-state index contributed by atoms with van der Waals surface area (Å²) in [6.45, 7) is 1.50. The highest BCUT2D eigenvalue weighted by Crippen LogP contribution is 2.12. The van der Waals surface area contributed by atoms with E-state index >= 15 is 0 Å². The van der Waals surface area contributed by atoms with E-state index in [0.29, 0.717) is 18.7 Å². The van der Waals surface area contributed by atoms with Crippen molar-refractivity contribution in [3.63, 3.8) is 0 Å². The number of benzene rings is 2. The van der Waals surface area contributed by atoms with Gasteiger partial charge in [-0.2, -0.15) is 0 Å². The minimum atomic E-state index is -3.73. The fourth-order valence-corrected chi connectivity index (χ4v) is 3.13. The number of aliphatic carboxylic acids is 1. The fraction of sp³-hybridized carbons (Fsp3) is 0.238. The van der Waals surface area contributed by atoms with Crippen molar-refractivity contribution in [3.05, 3.63) is 70.6 Å². The summed E-state index contributed by atoms with van der Waals surface area (Å²) in [5, 5.41) is 12.2. The van der Waals surface area contributed by atoms with Crippen molar-refractivity contribution in [1.29, 1.82) is 0 Å². The molecule has 0 saturated heterocycles. The number of carboxylic acid groups (broad SMARTS) is 1. The molecule has 0 heterocycles. The topological polar surface area (TPSA) is 122 Å². The highest BCUT2D eigenvalue weighted by Gasteiger charge is 2.08. The number of hydrogen-bond donors (Lipinski definition) is 3. The summed E-state index contributed by atoms with van der Waals surface area (Å²) in [6, 6.07) is 14.2. The van der Waals surface area contributed by atoms with E-state index in [0.717, 1.165) is 22.1 Å². The van der Waals surface area contributed by atoms with Crippen molar-refractivity contribution in [1.82, 2.24) is 10.0 Å². The van der Waals surface area contributed by atoms with Gasteiger partial charge in [0.25, 0.3) is 0 Å². The van der Waals surface area contributed by atoms with Gasteiger partial charge in [-0.05, 0) is 42.7 Å². The molecule has 0 aliphatic heterocycles. The minimum Gasteiger partial charge on any atom is -0.482 e. The molecular weight excluding hydrogens is 408 g/mol. The first kappa shape index (κ1) is 23.1. The lowest BCUT2D eigenvalue weighted by Crippen LogP contribution is -2.36. The zero-order valence-corrected chi connectivity index (χ0v) is 17.3. The molecule has 160 valence electrons. The molecule has 30 heavy (non-hydrogen) atoms. The third-order valence-electron chi connectivity index (χ3n) is 3.97. The first-order chi connectivity index (χ1) is 14.2. The molecule has 0 radical (unpaired) electrons. The van der Waals surface area contributed by atoms with Crippen molar-refractivity contribution >= 4 is 28.0 Å². The maximum atomic E-state index is 12.0.